The van der Waals surface area contributed by atoms with E-state index in [9.17, 15) is 4.79 Å². The zero-order valence-electron chi connectivity index (χ0n) is 8.97. The van der Waals surface area contributed by atoms with Gasteiger partial charge in [0.25, 0.3) is 0 Å². The van der Waals surface area contributed by atoms with Gasteiger partial charge in [0, 0.05) is 12.1 Å². The molecule has 0 spiro atoms. The Labute approximate surface area is 94.6 Å². The van der Waals surface area contributed by atoms with Gasteiger partial charge in [-0.2, -0.15) is 0 Å². The Bertz CT molecular complexity index is 427. The van der Waals surface area contributed by atoms with Gasteiger partial charge in [-0.25, -0.2) is 4.98 Å². The molecule has 0 unspecified atom stereocenters. The number of pyridine rings is 1. The summed E-state index contributed by atoms with van der Waals surface area (Å²) in [5.74, 6) is 2.00. The number of anilines is 1. The predicted octanol–water partition coefficient (Wildman–Crippen LogP) is 2.23. The van der Waals surface area contributed by atoms with Gasteiger partial charge in [0.1, 0.15) is 5.82 Å². The van der Waals surface area contributed by atoms with Gasteiger partial charge >= 0.3 is 0 Å². The summed E-state index contributed by atoms with van der Waals surface area (Å²) in [6.45, 7) is 0. The molecule has 1 aromatic rings. The Balaban J connectivity index is 1.69. The molecule has 0 aliphatic heterocycles. The molecule has 1 heterocycles. The summed E-state index contributed by atoms with van der Waals surface area (Å²) >= 11 is 0. The minimum absolute atomic E-state index is 0.121. The average Bonchev–Trinajstić information content (AvgIpc) is 2.92. The molecule has 16 heavy (non-hydrogen) atoms. The first kappa shape index (κ1) is 9.58. The van der Waals surface area contributed by atoms with Crippen molar-refractivity contribution in [2.75, 3.05) is 5.32 Å². The molecule has 2 aliphatic rings. The molecule has 0 saturated heterocycles. The van der Waals surface area contributed by atoms with Crippen LogP contribution in [-0.2, 0) is 4.79 Å². The molecular formula is C13H14N2O. The van der Waals surface area contributed by atoms with Gasteiger partial charge in [-0.15, -0.1) is 0 Å². The van der Waals surface area contributed by atoms with Crippen LogP contribution in [0.5, 0.6) is 0 Å². The number of hydrogen-bond acceptors (Lipinski definition) is 2. The highest BCUT2D eigenvalue weighted by Gasteiger charge is 2.39. The minimum atomic E-state index is 0.121. The zero-order chi connectivity index (χ0) is 11.0. The second-order valence-corrected chi connectivity index (χ2v) is 4.59. The van der Waals surface area contributed by atoms with E-state index in [1.165, 1.54) is 0 Å². The maximum absolute atomic E-state index is 12.0. The number of carbonyl (C=O) groups is 1. The third kappa shape index (κ3) is 1.62. The standard InChI is InChI=1S/C13H14N2O/c16-13(15-12-3-1-2-6-14-12)11-8-9-4-5-10(11)7-9/h1-6,9-11H,7-8H2,(H,14,15,16)/t9-,10+,11-/m0/s1. The molecule has 1 N–H and O–H groups in total. The molecule has 2 aliphatic carbocycles. The van der Waals surface area contributed by atoms with Crippen molar-refractivity contribution < 1.29 is 4.79 Å². The summed E-state index contributed by atoms with van der Waals surface area (Å²) in [4.78, 5) is 16.1. The molecular weight excluding hydrogens is 200 g/mol. The maximum atomic E-state index is 12.0. The zero-order valence-corrected chi connectivity index (χ0v) is 8.97. The monoisotopic (exact) mass is 214 g/mol. The molecule has 0 aromatic carbocycles. The van der Waals surface area contributed by atoms with Crippen LogP contribution in [0, 0.1) is 17.8 Å². The quantitative estimate of drug-likeness (QED) is 0.767. The maximum Gasteiger partial charge on any atom is 0.229 e. The number of aromatic nitrogens is 1. The Morgan fingerprint density at radius 2 is 2.25 bits per heavy atom. The van der Waals surface area contributed by atoms with Crippen molar-refractivity contribution in [3.05, 3.63) is 36.5 Å². The SMILES string of the molecule is O=C(Nc1ccccn1)[C@H]1C[C@H]2C=C[C@@H]1C2. The topological polar surface area (TPSA) is 42.0 Å². The Morgan fingerprint density at radius 3 is 2.88 bits per heavy atom. The Kier molecular flexibility index (Phi) is 2.24. The normalized spacial score (nSPS) is 30.6. The molecule has 0 radical (unpaired) electrons. The number of carbonyl (C=O) groups excluding carboxylic acids is 1. The predicted molar refractivity (Wildman–Crippen MR) is 61.7 cm³/mol. The summed E-state index contributed by atoms with van der Waals surface area (Å²) in [7, 11) is 0. The number of nitrogens with zero attached hydrogens (tertiary/aromatic N) is 1. The van der Waals surface area contributed by atoms with Gasteiger partial charge in [0.2, 0.25) is 5.91 Å². The lowest BCUT2D eigenvalue weighted by atomic mass is 9.93. The number of amides is 1. The molecule has 1 fully saturated rings. The highest BCUT2D eigenvalue weighted by molar-refractivity contribution is 5.92. The van der Waals surface area contributed by atoms with Crippen LogP contribution in [0.15, 0.2) is 36.5 Å². The molecule has 3 heteroatoms. The second kappa shape index (κ2) is 3.74. The first-order chi connectivity index (χ1) is 7.83. The number of rotatable bonds is 2. The van der Waals surface area contributed by atoms with Crippen LogP contribution in [0.1, 0.15) is 12.8 Å². The van der Waals surface area contributed by atoms with Crippen LogP contribution in [-0.4, -0.2) is 10.9 Å². The molecule has 3 atom stereocenters. The number of hydrogen-bond donors (Lipinski definition) is 1. The van der Waals surface area contributed by atoms with E-state index in [1.54, 1.807) is 6.20 Å². The fourth-order valence-electron chi connectivity index (χ4n) is 2.74. The molecule has 1 aromatic heterocycles. The molecule has 3 nitrogen and oxygen atoms in total. The summed E-state index contributed by atoms with van der Waals surface area (Å²) in [5, 5.41) is 2.88. The number of allylic oxidation sites excluding steroid dienone is 2. The lowest BCUT2D eigenvalue weighted by Crippen LogP contribution is -2.26. The summed E-state index contributed by atoms with van der Waals surface area (Å²) < 4.78 is 0. The van der Waals surface area contributed by atoms with E-state index in [0.29, 0.717) is 17.7 Å². The van der Waals surface area contributed by atoms with Gasteiger partial charge in [-0.1, -0.05) is 18.2 Å². The van der Waals surface area contributed by atoms with Crippen LogP contribution in [0.4, 0.5) is 5.82 Å². The van der Waals surface area contributed by atoms with Crippen LogP contribution in [0.25, 0.3) is 0 Å². The summed E-state index contributed by atoms with van der Waals surface area (Å²) in [6.07, 6.45) is 8.28. The van der Waals surface area contributed by atoms with Crippen molar-refractivity contribution in [1.29, 1.82) is 0 Å². The van der Waals surface area contributed by atoms with Crippen LogP contribution in [0.2, 0.25) is 0 Å². The van der Waals surface area contributed by atoms with Gasteiger partial charge in [0.15, 0.2) is 0 Å². The fraction of sp³-hybridized carbons (Fsp3) is 0.385. The summed E-state index contributed by atoms with van der Waals surface area (Å²) in [5.41, 5.74) is 0. The van der Waals surface area contributed by atoms with Crippen molar-refractivity contribution in [2.24, 2.45) is 17.8 Å². The van der Waals surface area contributed by atoms with E-state index in [4.69, 9.17) is 0 Å². The first-order valence-corrected chi connectivity index (χ1v) is 5.73. The van der Waals surface area contributed by atoms with Crippen molar-refractivity contribution in [3.63, 3.8) is 0 Å². The van der Waals surface area contributed by atoms with Crippen LogP contribution in [0.3, 0.4) is 0 Å². The van der Waals surface area contributed by atoms with Gasteiger partial charge < -0.3 is 5.32 Å². The van der Waals surface area contributed by atoms with E-state index < -0.39 is 0 Å². The third-order valence-corrected chi connectivity index (χ3v) is 3.53. The average molecular weight is 214 g/mol. The van der Waals surface area contributed by atoms with Gasteiger partial charge in [0.05, 0.1) is 0 Å². The lowest BCUT2D eigenvalue weighted by Gasteiger charge is -2.16. The van der Waals surface area contributed by atoms with Gasteiger partial charge in [-0.05, 0) is 36.8 Å². The molecule has 1 amide bonds. The largest absolute Gasteiger partial charge is 0.310 e. The Hall–Kier alpha value is -1.64. The third-order valence-electron chi connectivity index (χ3n) is 3.53. The van der Waals surface area contributed by atoms with E-state index in [1.807, 2.05) is 18.2 Å². The summed E-state index contributed by atoms with van der Waals surface area (Å²) in [6, 6.07) is 5.54. The van der Waals surface area contributed by atoms with Crippen LogP contribution < -0.4 is 5.32 Å². The molecule has 3 rings (SSSR count). The van der Waals surface area contributed by atoms with Crippen molar-refractivity contribution in [1.82, 2.24) is 4.98 Å². The molecule has 82 valence electrons. The second-order valence-electron chi connectivity index (χ2n) is 4.59. The van der Waals surface area contributed by atoms with Gasteiger partial charge in [-0.3, -0.25) is 4.79 Å². The van der Waals surface area contributed by atoms with E-state index in [-0.39, 0.29) is 11.8 Å². The van der Waals surface area contributed by atoms with E-state index >= 15 is 0 Å². The van der Waals surface area contributed by atoms with Crippen molar-refractivity contribution in [2.45, 2.75) is 12.8 Å². The highest BCUT2D eigenvalue weighted by atomic mass is 16.2. The Morgan fingerprint density at radius 1 is 1.31 bits per heavy atom. The lowest BCUT2D eigenvalue weighted by molar-refractivity contribution is -0.120. The number of nitrogens with one attached hydrogen (secondary N) is 1. The van der Waals surface area contributed by atoms with E-state index in [0.717, 1.165) is 12.8 Å². The van der Waals surface area contributed by atoms with Crippen molar-refractivity contribution >= 4 is 11.7 Å². The van der Waals surface area contributed by atoms with Crippen LogP contribution >= 0.6 is 0 Å². The van der Waals surface area contributed by atoms with Crippen molar-refractivity contribution in [3.8, 4) is 0 Å². The number of fused-ring (bicyclic) bond motifs is 2. The highest BCUT2D eigenvalue weighted by Crippen LogP contribution is 2.43. The smallest absolute Gasteiger partial charge is 0.229 e. The minimum Gasteiger partial charge on any atom is -0.310 e. The fourth-order valence-corrected chi connectivity index (χ4v) is 2.74. The molecule has 1 saturated carbocycles. The molecule has 2 bridgehead atoms. The first-order valence-electron chi connectivity index (χ1n) is 5.73. The van der Waals surface area contributed by atoms with E-state index in [2.05, 4.69) is 22.5 Å².